The van der Waals surface area contributed by atoms with Crippen LogP contribution in [0.1, 0.15) is 38.3 Å². The molecule has 0 aliphatic carbocycles. The summed E-state index contributed by atoms with van der Waals surface area (Å²) in [7, 11) is -4.53. The molecule has 31 heavy (non-hydrogen) atoms. The molecule has 0 fully saturated rings. The molecule has 0 saturated carbocycles. The van der Waals surface area contributed by atoms with Gasteiger partial charge >= 0.3 is 22.3 Å². The molecular weight excluding hydrogens is 433 g/mol. The van der Waals surface area contributed by atoms with E-state index >= 15 is 0 Å². The van der Waals surface area contributed by atoms with Crippen LogP contribution in [-0.2, 0) is 22.8 Å². The minimum absolute atomic E-state index is 0.0579. The van der Waals surface area contributed by atoms with E-state index in [9.17, 15) is 26.4 Å². The Labute approximate surface area is 180 Å². The number of carbonyl (C=O) groups excluding carboxylic acids is 1. The molecule has 2 amide bonds. The third-order valence-electron chi connectivity index (χ3n) is 4.67. The summed E-state index contributed by atoms with van der Waals surface area (Å²) in [5, 5.41) is 2.72. The molecule has 0 aliphatic rings. The largest absolute Gasteiger partial charge is 0.416 e. The van der Waals surface area contributed by atoms with Crippen LogP contribution in [0.2, 0.25) is 0 Å². The second-order valence-corrected chi connectivity index (χ2v) is 8.44. The van der Waals surface area contributed by atoms with Crippen LogP contribution in [0, 0.1) is 0 Å². The lowest BCUT2D eigenvalue weighted by Gasteiger charge is -2.29. The van der Waals surface area contributed by atoms with Gasteiger partial charge in [0.15, 0.2) is 0 Å². The highest BCUT2D eigenvalue weighted by Gasteiger charge is 2.32. The van der Waals surface area contributed by atoms with Crippen LogP contribution in [0.5, 0.6) is 5.75 Å². The molecule has 0 radical (unpaired) electrons. The van der Waals surface area contributed by atoms with Crippen molar-refractivity contribution in [2.45, 2.75) is 50.9 Å². The number of rotatable bonds is 8. The van der Waals surface area contributed by atoms with Gasteiger partial charge in [-0.15, -0.1) is 0 Å². The van der Waals surface area contributed by atoms with E-state index in [-0.39, 0.29) is 24.4 Å². The van der Waals surface area contributed by atoms with Crippen LogP contribution < -0.4 is 9.50 Å². The Kier molecular flexibility index (Phi) is 7.94. The Morgan fingerprint density at radius 1 is 1.13 bits per heavy atom. The Morgan fingerprint density at radius 2 is 1.81 bits per heavy atom. The number of benzene rings is 2. The van der Waals surface area contributed by atoms with Crippen molar-refractivity contribution in [3.8, 4) is 5.75 Å². The summed E-state index contributed by atoms with van der Waals surface area (Å²) >= 11 is 0. The number of hydrogen-bond acceptors (Lipinski definition) is 4. The average molecular weight is 459 g/mol. The second kappa shape index (κ2) is 10.0. The number of carbonyl (C=O) groups is 1. The Balaban J connectivity index is 2.36. The lowest BCUT2D eigenvalue weighted by molar-refractivity contribution is -0.137. The van der Waals surface area contributed by atoms with Crippen molar-refractivity contribution in [3.63, 3.8) is 0 Å². The molecule has 6 nitrogen and oxygen atoms in total. The van der Waals surface area contributed by atoms with Gasteiger partial charge in [0.2, 0.25) is 0 Å². The number of urea groups is 1. The fourth-order valence-corrected chi connectivity index (χ4v) is 3.81. The van der Waals surface area contributed by atoms with E-state index in [1.165, 1.54) is 6.07 Å². The fourth-order valence-electron chi connectivity index (χ4n) is 2.79. The number of hydrogen-bond donors (Lipinski definition) is 1. The summed E-state index contributed by atoms with van der Waals surface area (Å²) in [4.78, 5) is 13.4. The molecule has 0 heterocycles. The van der Waals surface area contributed by atoms with Crippen molar-refractivity contribution in [3.05, 3.63) is 59.7 Å². The number of nitrogens with one attached hydrogen (secondary N) is 1. The third kappa shape index (κ3) is 6.36. The molecule has 2 aromatic carbocycles. The van der Waals surface area contributed by atoms with E-state index in [0.717, 1.165) is 18.2 Å². The predicted octanol–water partition coefficient (Wildman–Crippen LogP) is 4.80. The van der Waals surface area contributed by atoms with Gasteiger partial charge in [-0.2, -0.15) is 21.6 Å². The first-order chi connectivity index (χ1) is 14.5. The summed E-state index contributed by atoms with van der Waals surface area (Å²) in [6, 6.07) is 9.09. The highest BCUT2D eigenvalue weighted by Crippen LogP contribution is 2.31. The topological polar surface area (TPSA) is 75.7 Å². The molecule has 0 bridgehead atoms. The van der Waals surface area contributed by atoms with Crippen LogP contribution in [0.4, 0.5) is 18.0 Å². The maximum absolute atomic E-state index is 13.0. The van der Waals surface area contributed by atoms with Crippen LogP contribution >= 0.6 is 0 Å². The van der Waals surface area contributed by atoms with E-state index < -0.39 is 26.8 Å². The molecule has 170 valence electrons. The van der Waals surface area contributed by atoms with E-state index in [4.69, 9.17) is 4.18 Å². The van der Waals surface area contributed by atoms with Crippen molar-refractivity contribution in [2.75, 3.05) is 6.54 Å². The van der Waals surface area contributed by atoms with E-state index in [0.29, 0.717) is 24.6 Å². The first-order valence-corrected chi connectivity index (χ1v) is 11.1. The van der Waals surface area contributed by atoms with E-state index in [1.807, 2.05) is 13.8 Å². The van der Waals surface area contributed by atoms with Gasteiger partial charge in [0.25, 0.3) is 0 Å². The van der Waals surface area contributed by atoms with Crippen molar-refractivity contribution in [1.82, 2.24) is 10.2 Å². The first kappa shape index (κ1) is 24.5. The van der Waals surface area contributed by atoms with Gasteiger partial charge in [0, 0.05) is 18.2 Å². The number of amides is 2. The fraction of sp³-hybridized carbons (Fsp3) is 0.381. The average Bonchev–Trinajstić information content (AvgIpc) is 2.72. The number of nitrogens with zero attached hydrogens (tertiary/aromatic N) is 1. The van der Waals surface area contributed by atoms with E-state index in [1.54, 1.807) is 30.0 Å². The molecule has 0 aliphatic heterocycles. The van der Waals surface area contributed by atoms with Crippen LogP contribution in [-0.4, -0.2) is 31.9 Å². The highest BCUT2D eigenvalue weighted by atomic mass is 32.2. The monoisotopic (exact) mass is 458 g/mol. The van der Waals surface area contributed by atoms with Crippen LogP contribution in [0.25, 0.3) is 0 Å². The number of alkyl halides is 3. The Hall–Kier alpha value is -2.75. The van der Waals surface area contributed by atoms with Crippen molar-refractivity contribution in [1.29, 1.82) is 0 Å². The van der Waals surface area contributed by atoms with Gasteiger partial charge in [0.1, 0.15) is 10.6 Å². The maximum atomic E-state index is 13.0. The number of halogens is 3. The van der Waals surface area contributed by atoms with Crippen LogP contribution in [0.15, 0.2) is 53.4 Å². The smallest absolute Gasteiger partial charge is 0.379 e. The molecule has 1 atom stereocenters. The summed E-state index contributed by atoms with van der Waals surface area (Å²) < 4.78 is 69.4. The van der Waals surface area contributed by atoms with Gasteiger partial charge in [-0.1, -0.05) is 31.2 Å². The molecule has 0 unspecified atom stereocenters. The van der Waals surface area contributed by atoms with Crippen molar-refractivity contribution < 1.29 is 30.6 Å². The molecule has 0 spiro atoms. The summed E-state index contributed by atoms with van der Waals surface area (Å²) in [6.45, 7) is 6.05. The zero-order valence-corrected chi connectivity index (χ0v) is 18.3. The SMILES string of the molecule is CCNC(=O)N(Cc1ccccc1OS(=O)(=O)c1cccc(C(F)(F)F)c1)[C@@H](C)CC. The first-order valence-electron chi connectivity index (χ1n) is 9.73. The molecule has 0 aromatic heterocycles. The normalized spacial score (nSPS) is 12.8. The molecule has 0 saturated heterocycles. The molecule has 2 aromatic rings. The highest BCUT2D eigenvalue weighted by molar-refractivity contribution is 7.87. The minimum Gasteiger partial charge on any atom is -0.379 e. The minimum atomic E-state index is -4.69. The lowest BCUT2D eigenvalue weighted by atomic mass is 10.1. The number of para-hydroxylation sites is 1. The third-order valence-corrected chi connectivity index (χ3v) is 5.90. The van der Waals surface area contributed by atoms with Crippen LogP contribution in [0.3, 0.4) is 0 Å². The van der Waals surface area contributed by atoms with Crippen molar-refractivity contribution in [2.24, 2.45) is 0 Å². The molecule has 2 rings (SSSR count). The standard InChI is InChI=1S/C21H25F3N2O4S/c1-4-15(3)26(20(27)25-5-2)14-16-9-6-7-12-19(16)30-31(28,29)18-11-8-10-17(13-18)21(22,23)24/h6-13,15H,4-5,14H2,1-3H3,(H,25,27)/t15-/m0/s1. The Bertz CT molecular complexity index is 1010. The van der Waals surface area contributed by atoms with E-state index in [2.05, 4.69) is 5.32 Å². The second-order valence-electron chi connectivity index (χ2n) is 6.89. The quantitative estimate of drug-likeness (QED) is 0.577. The van der Waals surface area contributed by atoms with Gasteiger partial charge in [-0.25, -0.2) is 4.79 Å². The van der Waals surface area contributed by atoms with Gasteiger partial charge < -0.3 is 14.4 Å². The maximum Gasteiger partial charge on any atom is 0.416 e. The van der Waals surface area contributed by atoms with Crippen molar-refractivity contribution >= 4 is 16.1 Å². The molecular formula is C21H25F3N2O4S. The zero-order chi connectivity index (χ0) is 23.2. The molecule has 1 N–H and O–H groups in total. The summed E-state index contributed by atoms with van der Waals surface area (Å²) in [6.07, 6.45) is -4.02. The van der Waals surface area contributed by atoms with Gasteiger partial charge in [-0.05, 0) is 44.5 Å². The predicted molar refractivity (Wildman–Crippen MR) is 110 cm³/mol. The summed E-state index contributed by atoms with van der Waals surface area (Å²) in [5.41, 5.74) is -0.686. The van der Waals surface area contributed by atoms with Gasteiger partial charge in [0.05, 0.1) is 12.1 Å². The Morgan fingerprint density at radius 3 is 2.42 bits per heavy atom. The lowest BCUT2D eigenvalue weighted by Crippen LogP contribution is -2.44. The zero-order valence-electron chi connectivity index (χ0n) is 17.4. The molecule has 10 heteroatoms. The summed E-state index contributed by atoms with van der Waals surface area (Å²) in [5.74, 6) is -0.0579. The van der Waals surface area contributed by atoms with Gasteiger partial charge in [-0.3, -0.25) is 0 Å².